The van der Waals surface area contributed by atoms with Gasteiger partial charge in [-0.15, -0.1) is 0 Å². The van der Waals surface area contributed by atoms with Crippen molar-refractivity contribution >= 4 is 11.6 Å². The van der Waals surface area contributed by atoms with Crippen LogP contribution in [0.15, 0.2) is 24.3 Å². The molecule has 0 spiro atoms. The lowest BCUT2D eigenvalue weighted by Gasteiger charge is -2.05. The minimum atomic E-state index is 0.463. The van der Waals surface area contributed by atoms with Gasteiger partial charge >= 0.3 is 0 Å². The van der Waals surface area contributed by atoms with Crippen molar-refractivity contribution in [2.45, 2.75) is 52.5 Å². The first-order chi connectivity index (χ1) is 7.60. The number of rotatable bonds is 4. The molecular weight excluding hydrogens is 218 g/mol. The first-order valence-electron chi connectivity index (χ1n) is 6.07. The molecule has 0 radical (unpaired) electrons. The molecule has 1 aromatic carbocycles. The van der Waals surface area contributed by atoms with Crippen molar-refractivity contribution in [1.82, 2.24) is 0 Å². The number of nitrogens with two attached hydrogens (primary N) is 1. The summed E-state index contributed by atoms with van der Waals surface area (Å²) in [7, 11) is 0. The van der Waals surface area contributed by atoms with Crippen molar-refractivity contribution in [2.24, 2.45) is 5.73 Å². The van der Waals surface area contributed by atoms with E-state index in [-0.39, 0.29) is 0 Å². The van der Waals surface area contributed by atoms with Crippen LogP contribution in [0.3, 0.4) is 0 Å². The molecule has 0 heterocycles. The van der Waals surface area contributed by atoms with Gasteiger partial charge in [-0.25, -0.2) is 0 Å². The summed E-state index contributed by atoms with van der Waals surface area (Å²) in [6.07, 6.45) is 4.82. The molecule has 92 valence electrons. The molecule has 0 bridgehead atoms. The van der Waals surface area contributed by atoms with Crippen molar-refractivity contribution in [3.63, 3.8) is 0 Å². The van der Waals surface area contributed by atoms with E-state index in [0.717, 1.165) is 5.02 Å². The summed E-state index contributed by atoms with van der Waals surface area (Å²) in [6.45, 7) is 6.39. The minimum Gasteiger partial charge on any atom is -0.328 e. The molecule has 2 heteroatoms. The van der Waals surface area contributed by atoms with E-state index in [1.54, 1.807) is 0 Å². The Hall–Kier alpha value is -0.530. The van der Waals surface area contributed by atoms with Crippen molar-refractivity contribution in [2.75, 3.05) is 0 Å². The molecule has 0 saturated carbocycles. The Balaban J connectivity index is 0.000000281. The summed E-state index contributed by atoms with van der Waals surface area (Å²) in [4.78, 5) is 0. The molecule has 0 aromatic heterocycles. The molecule has 0 unspecified atom stereocenters. The standard InChI is InChI=1S/C7H7Cl.C7H17N/c1-6-2-4-7(8)5-3-6;1-3-5-7(8)6-4-2/h2-5H,1H3;7H,3-6,8H2,1-2H3. The fourth-order valence-corrected chi connectivity index (χ4v) is 1.55. The predicted molar refractivity (Wildman–Crippen MR) is 74.0 cm³/mol. The zero-order chi connectivity index (χ0) is 12.4. The molecule has 16 heavy (non-hydrogen) atoms. The smallest absolute Gasteiger partial charge is 0.0406 e. The molecule has 1 nitrogen and oxygen atoms in total. The highest BCUT2D eigenvalue weighted by molar-refractivity contribution is 6.30. The Bertz CT molecular complexity index is 229. The van der Waals surface area contributed by atoms with Gasteiger partial charge in [0.15, 0.2) is 0 Å². The van der Waals surface area contributed by atoms with Crippen LogP contribution < -0.4 is 5.73 Å². The molecule has 2 N–H and O–H groups in total. The van der Waals surface area contributed by atoms with Crippen LogP contribution >= 0.6 is 11.6 Å². The van der Waals surface area contributed by atoms with Gasteiger partial charge < -0.3 is 5.73 Å². The maximum atomic E-state index is 5.69. The molecule has 0 amide bonds. The fraction of sp³-hybridized carbons (Fsp3) is 0.571. The van der Waals surface area contributed by atoms with E-state index in [1.807, 2.05) is 31.2 Å². The van der Waals surface area contributed by atoms with Gasteiger partial charge in [-0.2, -0.15) is 0 Å². The maximum Gasteiger partial charge on any atom is 0.0406 e. The third-order valence-corrected chi connectivity index (χ3v) is 2.58. The number of halogens is 1. The van der Waals surface area contributed by atoms with Crippen LogP contribution in [-0.2, 0) is 0 Å². The highest BCUT2D eigenvalue weighted by Gasteiger charge is 1.95. The molecule has 0 fully saturated rings. The second kappa shape index (κ2) is 9.68. The fourth-order valence-electron chi connectivity index (χ4n) is 1.42. The molecular formula is C14H24ClN. The largest absolute Gasteiger partial charge is 0.328 e. The number of benzene rings is 1. The van der Waals surface area contributed by atoms with Gasteiger partial charge in [-0.05, 0) is 31.9 Å². The summed E-state index contributed by atoms with van der Waals surface area (Å²) in [5.41, 5.74) is 6.94. The Labute approximate surface area is 105 Å². The monoisotopic (exact) mass is 241 g/mol. The number of hydrogen-bond donors (Lipinski definition) is 1. The third-order valence-electron chi connectivity index (χ3n) is 2.33. The Kier molecular flexibility index (Phi) is 9.36. The second-order valence-corrected chi connectivity index (χ2v) is 4.57. The topological polar surface area (TPSA) is 26.0 Å². The van der Waals surface area contributed by atoms with Crippen molar-refractivity contribution < 1.29 is 0 Å². The quantitative estimate of drug-likeness (QED) is 0.822. The molecule has 0 aliphatic heterocycles. The Morgan fingerprint density at radius 2 is 1.50 bits per heavy atom. The lowest BCUT2D eigenvalue weighted by molar-refractivity contribution is 0.554. The molecule has 1 aromatic rings. The van der Waals surface area contributed by atoms with Crippen LogP contribution in [-0.4, -0.2) is 6.04 Å². The van der Waals surface area contributed by atoms with Crippen molar-refractivity contribution in [1.29, 1.82) is 0 Å². The van der Waals surface area contributed by atoms with Crippen LogP contribution in [0.2, 0.25) is 5.02 Å². The Morgan fingerprint density at radius 1 is 1.06 bits per heavy atom. The zero-order valence-electron chi connectivity index (χ0n) is 10.7. The van der Waals surface area contributed by atoms with Crippen LogP contribution in [0.5, 0.6) is 0 Å². The van der Waals surface area contributed by atoms with E-state index >= 15 is 0 Å². The van der Waals surface area contributed by atoms with Gasteiger partial charge in [-0.3, -0.25) is 0 Å². The zero-order valence-corrected chi connectivity index (χ0v) is 11.4. The predicted octanol–water partition coefficient (Wildman–Crippen LogP) is 4.56. The summed E-state index contributed by atoms with van der Waals surface area (Å²) in [5.74, 6) is 0. The number of aryl methyl sites for hydroxylation is 1. The van der Waals surface area contributed by atoms with Gasteiger partial charge in [0.25, 0.3) is 0 Å². The number of hydrogen-bond acceptors (Lipinski definition) is 1. The summed E-state index contributed by atoms with van der Waals surface area (Å²) in [6, 6.07) is 8.21. The molecule has 0 aliphatic carbocycles. The van der Waals surface area contributed by atoms with Crippen molar-refractivity contribution in [3.8, 4) is 0 Å². The first-order valence-corrected chi connectivity index (χ1v) is 6.45. The van der Waals surface area contributed by atoms with Crippen LogP contribution in [0.25, 0.3) is 0 Å². The SMILES string of the molecule is CCCC(N)CCC.Cc1ccc(Cl)cc1. The second-order valence-electron chi connectivity index (χ2n) is 4.13. The van der Waals surface area contributed by atoms with E-state index < -0.39 is 0 Å². The van der Waals surface area contributed by atoms with Gasteiger partial charge in [0.05, 0.1) is 0 Å². The third kappa shape index (κ3) is 8.75. The van der Waals surface area contributed by atoms with Gasteiger partial charge in [0.2, 0.25) is 0 Å². The van der Waals surface area contributed by atoms with E-state index in [0.29, 0.717) is 6.04 Å². The first kappa shape index (κ1) is 15.5. The van der Waals surface area contributed by atoms with Gasteiger partial charge in [0, 0.05) is 11.1 Å². The van der Waals surface area contributed by atoms with Gasteiger partial charge in [-0.1, -0.05) is 56.0 Å². The average Bonchev–Trinajstić information content (AvgIpc) is 2.24. The summed E-state index contributed by atoms with van der Waals surface area (Å²) in [5, 5.41) is 0.801. The van der Waals surface area contributed by atoms with Crippen LogP contribution in [0, 0.1) is 6.92 Å². The molecule has 0 aliphatic rings. The maximum absolute atomic E-state index is 5.69. The van der Waals surface area contributed by atoms with Crippen LogP contribution in [0.1, 0.15) is 45.1 Å². The molecule has 0 atom stereocenters. The normalized spacial score (nSPS) is 9.88. The highest BCUT2D eigenvalue weighted by atomic mass is 35.5. The highest BCUT2D eigenvalue weighted by Crippen LogP contribution is 2.07. The van der Waals surface area contributed by atoms with E-state index in [4.69, 9.17) is 17.3 Å². The lowest BCUT2D eigenvalue weighted by atomic mass is 10.1. The molecule has 1 rings (SSSR count). The van der Waals surface area contributed by atoms with E-state index in [1.165, 1.54) is 31.2 Å². The van der Waals surface area contributed by atoms with Crippen molar-refractivity contribution in [3.05, 3.63) is 34.9 Å². The molecule has 0 saturated heterocycles. The van der Waals surface area contributed by atoms with E-state index in [9.17, 15) is 0 Å². The summed E-state index contributed by atoms with van der Waals surface area (Å²) >= 11 is 5.61. The van der Waals surface area contributed by atoms with Gasteiger partial charge in [0.1, 0.15) is 0 Å². The summed E-state index contributed by atoms with van der Waals surface area (Å²) < 4.78 is 0. The Morgan fingerprint density at radius 3 is 1.81 bits per heavy atom. The lowest BCUT2D eigenvalue weighted by Crippen LogP contribution is -2.18. The average molecular weight is 242 g/mol. The minimum absolute atomic E-state index is 0.463. The van der Waals surface area contributed by atoms with Crippen LogP contribution in [0.4, 0.5) is 0 Å². The van der Waals surface area contributed by atoms with E-state index in [2.05, 4.69) is 13.8 Å².